The molecule has 2 nitrogen and oxygen atoms in total. The fourth-order valence-electron chi connectivity index (χ4n) is 7.07. The summed E-state index contributed by atoms with van der Waals surface area (Å²) in [6.45, 7) is 7.20. The van der Waals surface area contributed by atoms with Crippen LogP contribution in [0.25, 0.3) is 0 Å². The fourth-order valence-corrected chi connectivity index (χ4v) is 7.07. The van der Waals surface area contributed by atoms with Gasteiger partial charge < -0.3 is 5.11 Å². The molecule has 0 saturated heterocycles. The maximum absolute atomic E-state index is 11.2. The van der Waals surface area contributed by atoms with Crippen LogP contribution >= 0.6 is 0 Å². The van der Waals surface area contributed by atoms with Gasteiger partial charge >= 0.3 is 5.97 Å². The minimum atomic E-state index is -0.595. The van der Waals surface area contributed by atoms with Gasteiger partial charge in [-0.25, -0.2) is 0 Å². The van der Waals surface area contributed by atoms with Gasteiger partial charge in [0.2, 0.25) is 0 Å². The molecule has 0 aromatic heterocycles. The molecule has 4 rings (SSSR count). The number of carboxylic acids is 1. The monoisotopic (exact) mass is 236 g/mol. The van der Waals surface area contributed by atoms with Gasteiger partial charge in [-0.15, -0.1) is 0 Å². The predicted octanol–water partition coefficient (Wildman–Crippen LogP) is 3.85. The largest absolute Gasteiger partial charge is 0.481 e. The third-order valence-electron chi connectivity index (χ3n) is 5.49. The average molecular weight is 236 g/mol. The van der Waals surface area contributed by atoms with E-state index < -0.39 is 5.97 Å². The third-order valence-corrected chi connectivity index (χ3v) is 5.49. The van der Waals surface area contributed by atoms with E-state index in [-0.39, 0.29) is 5.41 Å². The molecule has 4 aliphatic rings. The number of carboxylic acid groups (broad SMARTS) is 1. The zero-order valence-corrected chi connectivity index (χ0v) is 11.3. The van der Waals surface area contributed by atoms with Crippen molar-refractivity contribution in [1.29, 1.82) is 0 Å². The normalized spacial score (nSPS) is 56.2. The van der Waals surface area contributed by atoms with Crippen molar-refractivity contribution in [2.24, 2.45) is 21.7 Å². The van der Waals surface area contributed by atoms with E-state index in [1.807, 2.05) is 0 Å². The lowest BCUT2D eigenvalue weighted by Crippen LogP contribution is -2.59. The van der Waals surface area contributed by atoms with Crippen LogP contribution in [-0.4, -0.2) is 11.1 Å². The van der Waals surface area contributed by atoms with Crippen molar-refractivity contribution in [2.75, 3.05) is 0 Å². The molecule has 0 aromatic carbocycles. The van der Waals surface area contributed by atoms with Crippen molar-refractivity contribution < 1.29 is 9.90 Å². The number of hydrogen-bond acceptors (Lipinski definition) is 1. The van der Waals surface area contributed by atoms with Gasteiger partial charge in [0.25, 0.3) is 0 Å². The number of hydrogen-bond donors (Lipinski definition) is 1. The van der Waals surface area contributed by atoms with Crippen molar-refractivity contribution in [1.82, 2.24) is 0 Å². The van der Waals surface area contributed by atoms with Crippen molar-refractivity contribution in [3.8, 4) is 0 Å². The molecule has 0 aromatic rings. The van der Waals surface area contributed by atoms with Crippen LogP contribution in [0.5, 0.6) is 0 Å². The summed E-state index contributed by atoms with van der Waals surface area (Å²) < 4.78 is 0. The number of carbonyl (C=O) groups is 1. The first-order valence-electron chi connectivity index (χ1n) is 6.88. The molecule has 0 aliphatic heterocycles. The Morgan fingerprint density at radius 2 is 1.24 bits per heavy atom. The molecule has 0 amide bonds. The van der Waals surface area contributed by atoms with E-state index in [2.05, 4.69) is 20.8 Å². The second kappa shape index (κ2) is 2.89. The smallest absolute Gasteiger partial charge is 0.303 e. The maximum atomic E-state index is 11.2. The van der Waals surface area contributed by atoms with E-state index >= 15 is 0 Å². The van der Waals surface area contributed by atoms with Gasteiger partial charge in [-0.2, -0.15) is 0 Å². The van der Waals surface area contributed by atoms with Crippen LogP contribution in [0.2, 0.25) is 0 Å². The van der Waals surface area contributed by atoms with Crippen LogP contribution in [0, 0.1) is 21.7 Å². The molecule has 0 radical (unpaired) electrons. The first kappa shape index (κ1) is 11.6. The van der Waals surface area contributed by atoms with Crippen molar-refractivity contribution in [3.05, 3.63) is 0 Å². The minimum absolute atomic E-state index is 0.110. The van der Waals surface area contributed by atoms with Crippen LogP contribution < -0.4 is 0 Å². The average Bonchev–Trinajstić information content (AvgIpc) is 1.87. The molecule has 0 atom stereocenters. The standard InChI is InChI=1S/C15H24O2/c1-12-5-13(2)7-14(3,6-12)10-15(8-12,9-13)4-11(16)17/h4-10H2,1-3H3,(H,16,17). The molecule has 4 fully saturated rings. The van der Waals surface area contributed by atoms with E-state index in [1.165, 1.54) is 19.3 Å². The van der Waals surface area contributed by atoms with Crippen LogP contribution in [0.3, 0.4) is 0 Å². The molecule has 2 heteroatoms. The zero-order chi connectivity index (χ0) is 12.5. The van der Waals surface area contributed by atoms with Gasteiger partial charge in [0, 0.05) is 0 Å². The summed E-state index contributed by atoms with van der Waals surface area (Å²) in [6, 6.07) is 0. The van der Waals surface area contributed by atoms with Crippen molar-refractivity contribution in [3.63, 3.8) is 0 Å². The predicted molar refractivity (Wildman–Crippen MR) is 66.7 cm³/mol. The van der Waals surface area contributed by atoms with Crippen LogP contribution in [-0.2, 0) is 4.79 Å². The molecule has 96 valence electrons. The van der Waals surface area contributed by atoms with Gasteiger partial charge in [-0.1, -0.05) is 20.8 Å². The molecule has 17 heavy (non-hydrogen) atoms. The van der Waals surface area contributed by atoms with Crippen LogP contribution in [0.1, 0.15) is 65.7 Å². The number of aliphatic carboxylic acids is 1. The SMILES string of the molecule is CC12CC3(C)CC(C)(C1)CC(CC(=O)O)(C2)C3. The van der Waals surface area contributed by atoms with Crippen molar-refractivity contribution >= 4 is 5.97 Å². The fraction of sp³-hybridized carbons (Fsp3) is 0.933. The van der Waals surface area contributed by atoms with Gasteiger partial charge in [-0.3, -0.25) is 4.79 Å². The minimum Gasteiger partial charge on any atom is -0.481 e. The molecule has 0 spiro atoms. The molecule has 4 aliphatic carbocycles. The molecule has 1 N–H and O–H groups in total. The van der Waals surface area contributed by atoms with E-state index in [9.17, 15) is 9.90 Å². The van der Waals surface area contributed by atoms with Crippen LogP contribution in [0.15, 0.2) is 0 Å². The molecule has 4 saturated carbocycles. The van der Waals surface area contributed by atoms with E-state index in [0.717, 1.165) is 19.3 Å². The summed E-state index contributed by atoms with van der Waals surface area (Å²) in [5.74, 6) is -0.595. The Kier molecular flexibility index (Phi) is 1.97. The topological polar surface area (TPSA) is 37.3 Å². The van der Waals surface area contributed by atoms with E-state index in [4.69, 9.17) is 0 Å². The molecule has 4 bridgehead atoms. The second-order valence-corrected chi connectivity index (χ2v) is 8.56. The summed E-state index contributed by atoms with van der Waals surface area (Å²) in [6.07, 6.45) is 7.80. The zero-order valence-electron chi connectivity index (χ0n) is 11.3. The highest BCUT2D eigenvalue weighted by atomic mass is 16.4. The Hall–Kier alpha value is -0.530. The molecular formula is C15H24O2. The Morgan fingerprint density at radius 3 is 1.53 bits per heavy atom. The van der Waals surface area contributed by atoms with E-state index in [1.54, 1.807) is 0 Å². The first-order valence-corrected chi connectivity index (χ1v) is 6.88. The maximum Gasteiger partial charge on any atom is 0.303 e. The Bertz CT molecular complexity index is 331. The molecular weight excluding hydrogens is 212 g/mol. The third kappa shape index (κ3) is 1.71. The lowest BCUT2D eigenvalue weighted by atomic mass is 9.36. The van der Waals surface area contributed by atoms with Crippen molar-refractivity contribution in [2.45, 2.75) is 65.7 Å². The Balaban J connectivity index is 2.01. The highest BCUT2D eigenvalue weighted by molar-refractivity contribution is 5.68. The van der Waals surface area contributed by atoms with Crippen LogP contribution in [0.4, 0.5) is 0 Å². The molecule has 0 unspecified atom stereocenters. The second-order valence-electron chi connectivity index (χ2n) is 8.56. The summed E-state index contributed by atoms with van der Waals surface area (Å²) in [5.41, 5.74) is 1.34. The highest BCUT2D eigenvalue weighted by Gasteiger charge is 2.64. The Labute approximate surface area is 104 Å². The quantitative estimate of drug-likeness (QED) is 0.790. The molecule has 0 heterocycles. The summed E-state index contributed by atoms with van der Waals surface area (Å²) >= 11 is 0. The number of rotatable bonds is 2. The van der Waals surface area contributed by atoms with E-state index in [0.29, 0.717) is 22.7 Å². The first-order chi connectivity index (χ1) is 7.66. The summed E-state index contributed by atoms with van der Waals surface area (Å²) in [7, 11) is 0. The lowest BCUT2D eigenvalue weighted by molar-refractivity contribution is -0.190. The van der Waals surface area contributed by atoms with Gasteiger partial charge in [0.1, 0.15) is 0 Å². The van der Waals surface area contributed by atoms with Gasteiger partial charge in [-0.05, 0) is 60.2 Å². The lowest BCUT2D eigenvalue weighted by Gasteiger charge is -2.69. The summed E-state index contributed by atoms with van der Waals surface area (Å²) in [4.78, 5) is 11.2. The summed E-state index contributed by atoms with van der Waals surface area (Å²) in [5, 5.41) is 9.23. The Morgan fingerprint density at radius 1 is 0.882 bits per heavy atom. The van der Waals surface area contributed by atoms with Gasteiger partial charge in [0.15, 0.2) is 0 Å². The highest BCUT2D eigenvalue weighted by Crippen LogP contribution is 2.74. The van der Waals surface area contributed by atoms with Gasteiger partial charge in [0.05, 0.1) is 6.42 Å².